The third kappa shape index (κ3) is 10.3. The monoisotopic (exact) mass is 750 g/mol. The summed E-state index contributed by atoms with van der Waals surface area (Å²) in [6.45, 7) is 8.97. The highest BCUT2D eigenvalue weighted by Crippen LogP contribution is 2.40. The minimum Gasteiger partial charge on any atom is -0.494 e. The number of aromatic nitrogens is 1. The van der Waals surface area contributed by atoms with E-state index in [0.717, 1.165) is 64.7 Å². The maximum Gasteiger partial charge on any atom is 0.410 e. The van der Waals surface area contributed by atoms with Crippen LogP contribution in [0, 0.1) is 5.92 Å². The zero-order chi connectivity index (χ0) is 39.0. The highest BCUT2D eigenvalue weighted by atomic mass is 16.6. The number of carbonyl (C=O) groups excluding carboxylic acids is 2. The molecule has 1 saturated carbocycles. The fourth-order valence-electron chi connectivity index (χ4n) is 7.54. The number of ether oxygens (including phenoxy) is 3. The number of hydrogen-bond acceptors (Lipinski definition) is 6. The number of methoxy groups -OCH3 is 1. The van der Waals surface area contributed by atoms with Crippen LogP contribution in [0.15, 0.2) is 89.3 Å². The quantitative estimate of drug-likeness (QED) is 0.0353. The van der Waals surface area contributed by atoms with E-state index in [2.05, 4.69) is 74.5 Å². The molecule has 1 aromatic heterocycles. The van der Waals surface area contributed by atoms with E-state index in [4.69, 9.17) is 25.5 Å². The molecule has 0 unspecified atom stereocenters. The standard InChI is InChI=1S/C43H55N7O5/c1-43(2,3)55-42(52)49-23-21-36(32-11-7-10-31(26-32)30-15-19-35(20-16-30)54-25-8-14-40(44)46-47-45)38(29-49)41(51)50(34-17-18-34)28-33-27-48(22-9-24-53-4)39-13-6-5-12-37(33)39/h5-7,10-13,15-16,19-20,26-27,34,36,38H,8-9,14,17-18,21-25,28-29H2,1-4H3,(H3,44,45,46)/p+1/t36-,38+/m1/s1. The third-order valence-corrected chi connectivity index (χ3v) is 10.3. The second-order valence-corrected chi connectivity index (χ2v) is 15.6. The lowest BCUT2D eigenvalue weighted by Crippen LogP contribution is -2.51. The van der Waals surface area contributed by atoms with Gasteiger partial charge in [0.15, 0.2) is 0 Å². The molecule has 2 amide bonds. The van der Waals surface area contributed by atoms with Crippen LogP contribution in [0.2, 0.25) is 0 Å². The fourth-order valence-corrected chi connectivity index (χ4v) is 7.54. The molecule has 4 aromatic rings. The lowest BCUT2D eigenvalue weighted by molar-refractivity contribution is -0.139. The summed E-state index contributed by atoms with van der Waals surface area (Å²) in [5, 5.41) is 13.8. The van der Waals surface area contributed by atoms with Gasteiger partial charge in [-0.05, 0) is 99.2 Å². The van der Waals surface area contributed by atoms with Gasteiger partial charge in [0.1, 0.15) is 11.4 Å². The summed E-state index contributed by atoms with van der Waals surface area (Å²) in [7, 11) is 1.73. The molecule has 55 heavy (non-hydrogen) atoms. The van der Waals surface area contributed by atoms with Crippen molar-refractivity contribution in [2.24, 2.45) is 22.1 Å². The fraction of sp³-hybridized carbons (Fsp3) is 0.465. The molecular formula is C43H56N7O5+. The Morgan fingerprint density at radius 3 is 2.47 bits per heavy atom. The van der Waals surface area contributed by atoms with Crippen molar-refractivity contribution in [2.45, 2.75) is 89.9 Å². The summed E-state index contributed by atoms with van der Waals surface area (Å²) in [5.74, 6) is 5.78. The van der Waals surface area contributed by atoms with Crippen molar-refractivity contribution in [1.29, 1.82) is 0 Å². The van der Waals surface area contributed by atoms with Crippen LogP contribution in [0.1, 0.15) is 76.3 Å². The van der Waals surface area contributed by atoms with Gasteiger partial charge in [0.05, 0.1) is 24.1 Å². The van der Waals surface area contributed by atoms with Crippen molar-refractivity contribution in [2.75, 3.05) is 33.4 Å². The first-order valence-electron chi connectivity index (χ1n) is 19.4. The third-order valence-electron chi connectivity index (χ3n) is 10.3. The molecular weight excluding hydrogens is 695 g/mol. The maximum absolute atomic E-state index is 15.0. The molecule has 2 atom stereocenters. The molecule has 2 heterocycles. The minimum atomic E-state index is -0.635. The number of nitrogens with zero attached hydrogens (tertiary/aromatic N) is 5. The van der Waals surface area contributed by atoms with E-state index in [-0.39, 0.29) is 24.0 Å². The molecule has 2 aliphatic rings. The Morgan fingerprint density at radius 2 is 1.75 bits per heavy atom. The molecule has 1 aliphatic heterocycles. The molecule has 0 radical (unpaired) electrons. The lowest BCUT2D eigenvalue weighted by atomic mass is 9.79. The van der Waals surface area contributed by atoms with Gasteiger partial charge >= 0.3 is 11.9 Å². The summed E-state index contributed by atoms with van der Waals surface area (Å²) in [6.07, 6.45) is 6.58. The van der Waals surface area contributed by atoms with Gasteiger partial charge in [-0.1, -0.05) is 54.6 Å². The topological polar surface area (TPSA) is 150 Å². The summed E-state index contributed by atoms with van der Waals surface area (Å²) in [4.78, 5) is 32.3. The van der Waals surface area contributed by atoms with E-state index < -0.39 is 11.5 Å². The first-order chi connectivity index (χ1) is 26.5. The van der Waals surface area contributed by atoms with E-state index >= 15 is 4.79 Å². The van der Waals surface area contributed by atoms with Crippen LogP contribution < -0.4 is 16.0 Å². The number of piperidine rings is 1. The SMILES string of the molecule is COCCCn1cc(CN(C(=O)[C@H]2CN(C(=O)OC(C)(C)C)CC[C@@H]2c2cccc(-c3ccc(OCCCC(=[NH2+])N=NN)cc3)c2)C2CC2)c2ccccc21. The zero-order valence-electron chi connectivity index (χ0n) is 32.7. The Balaban J connectivity index is 1.24. The normalized spacial score (nSPS) is 17.4. The van der Waals surface area contributed by atoms with Gasteiger partial charge in [-0.2, -0.15) is 0 Å². The largest absolute Gasteiger partial charge is 0.494 e. The number of amides is 2. The average molecular weight is 751 g/mol. The van der Waals surface area contributed by atoms with Crippen molar-refractivity contribution >= 4 is 28.7 Å². The number of para-hydroxylation sites is 1. The van der Waals surface area contributed by atoms with Crippen LogP contribution in [0.4, 0.5) is 4.79 Å². The van der Waals surface area contributed by atoms with Crippen molar-refractivity contribution < 1.29 is 29.2 Å². The first-order valence-corrected chi connectivity index (χ1v) is 19.4. The van der Waals surface area contributed by atoms with Gasteiger partial charge in [0, 0.05) is 68.3 Å². The Hall–Kier alpha value is -5.23. The van der Waals surface area contributed by atoms with Crippen molar-refractivity contribution in [1.82, 2.24) is 14.4 Å². The molecule has 0 spiro atoms. The number of hydrogen-bond donors (Lipinski definition) is 2. The van der Waals surface area contributed by atoms with Crippen LogP contribution in [0.5, 0.6) is 5.75 Å². The molecule has 292 valence electrons. The minimum absolute atomic E-state index is 0.0755. The maximum atomic E-state index is 15.0. The molecule has 12 heteroatoms. The van der Waals surface area contributed by atoms with E-state index in [9.17, 15) is 4.79 Å². The number of likely N-dealkylation sites (tertiary alicyclic amines) is 1. The summed E-state index contributed by atoms with van der Waals surface area (Å²) in [6, 6.07) is 25.1. The number of amidine groups is 1. The first kappa shape index (κ1) is 39.5. The number of benzene rings is 3. The second kappa shape index (κ2) is 17.9. The molecule has 6 rings (SSSR count). The molecule has 2 fully saturated rings. The average Bonchev–Trinajstić information content (AvgIpc) is 3.97. The van der Waals surface area contributed by atoms with Crippen LogP contribution >= 0.6 is 0 Å². The Morgan fingerprint density at radius 1 is 0.964 bits per heavy atom. The Kier molecular flexibility index (Phi) is 12.9. The summed E-state index contributed by atoms with van der Waals surface area (Å²) in [5.41, 5.74) is 4.86. The van der Waals surface area contributed by atoms with E-state index in [1.807, 2.05) is 45.0 Å². The molecule has 3 aromatic carbocycles. The van der Waals surface area contributed by atoms with Crippen LogP contribution in [0.25, 0.3) is 22.0 Å². The van der Waals surface area contributed by atoms with Crippen LogP contribution in [-0.4, -0.2) is 77.3 Å². The number of aryl methyl sites for hydroxylation is 1. The van der Waals surface area contributed by atoms with Crippen molar-refractivity contribution in [3.63, 3.8) is 0 Å². The van der Waals surface area contributed by atoms with Crippen LogP contribution in [-0.2, 0) is 27.4 Å². The molecule has 12 nitrogen and oxygen atoms in total. The van der Waals surface area contributed by atoms with Gasteiger partial charge in [-0.15, -0.1) is 0 Å². The van der Waals surface area contributed by atoms with E-state index in [1.54, 1.807) is 12.0 Å². The summed E-state index contributed by atoms with van der Waals surface area (Å²) < 4.78 is 19.3. The highest BCUT2D eigenvalue weighted by Gasteiger charge is 2.43. The van der Waals surface area contributed by atoms with Gasteiger partial charge in [-0.3, -0.25) is 16.0 Å². The predicted octanol–water partition coefficient (Wildman–Crippen LogP) is 6.52. The predicted molar refractivity (Wildman–Crippen MR) is 213 cm³/mol. The molecule has 1 aliphatic carbocycles. The van der Waals surface area contributed by atoms with Gasteiger partial charge < -0.3 is 28.6 Å². The number of nitrogens with two attached hydrogens (primary N) is 2. The number of rotatable bonds is 15. The second-order valence-electron chi connectivity index (χ2n) is 15.6. The number of fused-ring (bicyclic) bond motifs is 1. The van der Waals surface area contributed by atoms with Gasteiger partial charge in [0.2, 0.25) is 5.91 Å². The van der Waals surface area contributed by atoms with Crippen molar-refractivity contribution in [3.8, 4) is 16.9 Å². The lowest BCUT2D eigenvalue weighted by Gasteiger charge is -2.40. The highest BCUT2D eigenvalue weighted by molar-refractivity contribution is 5.86. The Labute approximate surface area is 324 Å². The summed E-state index contributed by atoms with van der Waals surface area (Å²) >= 11 is 0. The zero-order valence-corrected chi connectivity index (χ0v) is 32.7. The van der Waals surface area contributed by atoms with E-state index in [0.29, 0.717) is 57.9 Å². The van der Waals surface area contributed by atoms with Crippen molar-refractivity contribution in [3.05, 3.63) is 90.1 Å². The smallest absolute Gasteiger partial charge is 0.410 e. The molecule has 1 saturated heterocycles. The molecule has 4 N–H and O–H groups in total. The van der Waals surface area contributed by atoms with Gasteiger partial charge in [-0.25, -0.2) is 4.79 Å². The van der Waals surface area contributed by atoms with E-state index in [1.165, 1.54) is 0 Å². The van der Waals surface area contributed by atoms with Crippen LogP contribution in [0.3, 0.4) is 0 Å². The Bertz CT molecular complexity index is 1960. The molecule has 0 bridgehead atoms. The van der Waals surface area contributed by atoms with Gasteiger partial charge in [0.25, 0.3) is 0 Å². The number of carbonyl (C=O) groups is 2.